The van der Waals surface area contributed by atoms with Crippen molar-refractivity contribution in [3.8, 4) is 17.3 Å². The second kappa shape index (κ2) is 15.5. The summed E-state index contributed by atoms with van der Waals surface area (Å²) in [5, 5.41) is 17.0. The van der Waals surface area contributed by atoms with Gasteiger partial charge in [-0.1, -0.05) is 49.3 Å². The number of nitrogens with zero attached hydrogens (tertiary/aromatic N) is 4. The van der Waals surface area contributed by atoms with Gasteiger partial charge in [-0.05, 0) is 62.3 Å². The van der Waals surface area contributed by atoms with Gasteiger partial charge in [-0.3, -0.25) is 24.0 Å². The molecule has 5 aliphatic rings. The highest BCUT2D eigenvalue weighted by molar-refractivity contribution is 7.91. The van der Waals surface area contributed by atoms with Gasteiger partial charge in [0.25, 0.3) is 5.91 Å². The normalized spacial score (nSPS) is 26.7. The van der Waals surface area contributed by atoms with E-state index in [2.05, 4.69) is 21.4 Å². The summed E-state index contributed by atoms with van der Waals surface area (Å²) in [4.78, 5) is 63.7. The minimum atomic E-state index is -3.92. The molecule has 0 spiro atoms. The van der Waals surface area contributed by atoms with E-state index in [0.717, 1.165) is 18.4 Å². The van der Waals surface area contributed by atoms with Crippen LogP contribution in [0.5, 0.6) is 0 Å². The molecule has 2 aliphatic carbocycles. The summed E-state index contributed by atoms with van der Waals surface area (Å²) in [7, 11) is -3.92. The molecule has 0 unspecified atom stereocenters. The summed E-state index contributed by atoms with van der Waals surface area (Å²) < 4.78 is 48.3. The van der Waals surface area contributed by atoms with Gasteiger partial charge in [0, 0.05) is 35.4 Å². The van der Waals surface area contributed by atoms with Crippen LogP contribution in [0.1, 0.15) is 74.5 Å². The van der Waals surface area contributed by atoms with Crippen LogP contribution in [-0.2, 0) is 42.2 Å². The van der Waals surface area contributed by atoms with Gasteiger partial charge < -0.3 is 20.3 Å². The summed E-state index contributed by atoms with van der Waals surface area (Å²) in [6, 6.07) is 11.8. The zero-order chi connectivity index (χ0) is 39.9. The molecule has 5 atom stereocenters. The molecule has 8 rings (SSSR count). The Morgan fingerprint density at radius 2 is 1.88 bits per heavy atom. The standard InChI is InChI=1S/C40H42FN7O7S2/c41-31-9-6-7-26-20-47(22-30(26)31)39(52)55-28-17-34-35(49)45-40(37(51)46-57(53,54)29-15-16-29)18-27(40)8-4-2-1-3-5-10-32(36(50)48(34)21-28)43-38-44-33(23-56-38)25-13-11-24(19-42)12-14-25/h4,6-9,11-14,23,27-29,32,34H,1-3,5,10,15-18,20-22H2,(H,43,44)(H,45,49)(H,46,51)/b8-4-/t27-,28-,32+,34+,40-/m1/s1. The third-order valence-corrected chi connectivity index (χ3v) is 14.0. The Morgan fingerprint density at radius 3 is 2.63 bits per heavy atom. The summed E-state index contributed by atoms with van der Waals surface area (Å²) in [5.74, 6) is -2.78. The smallest absolute Gasteiger partial charge is 0.410 e. The predicted molar refractivity (Wildman–Crippen MR) is 207 cm³/mol. The summed E-state index contributed by atoms with van der Waals surface area (Å²) in [5.41, 5.74) is 1.50. The summed E-state index contributed by atoms with van der Waals surface area (Å²) in [6.45, 7) is 0.0371. The molecule has 0 radical (unpaired) electrons. The lowest BCUT2D eigenvalue weighted by molar-refractivity contribution is -0.140. The van der Waals surface area contributed by atoms with Crippen LogP contribution in [0.4, 0.5) is 14.3 Å². The summed E-state index contributed by atoms with van der Waals surface area (Å²) in [6.07, 6.45) is 6.56. The molecule has 1 aromatic heterocycles. The molecule has 1 saturated heterocycles. The van der Waals surface area contributed by atoms with Crippen molar-refractivity contribution in [3.05, 3.63) is 82.5 Å². The SMILES string of the molecule is N#Cc1ccc(-c2csc(N[C@H]3CCCCC/C=C\[C@@H]4C[C@@]4(C(=O)NS(=O)(=O)C4CC4)NC(=O)[C@@H]4C[C@@H](OC(=O)N5Cc6cccc(F)c6C5)CN4C3=O)n2)cc1. The van der Waals surface area contributed by atoms with Gasteiger partial charge in [-0.25, -0.2) is 22.6 Å². The number of benzene rings is 2. The number of nitriles is 1. The monoisotopic (exact) mass is 815 g/mol. The van der Waals surface area contributed by atoms with Gasteiger partial charge in [0.2, 0.25) is 21.8 Å². The molecule has 3 aromatic rings. The van der Waals surface area contributed by atoms with E-state index in [1.54, 1.807) is 36.4 Å². The van der Waals surface area contributed by atoms with E-state index in [1.807, 2.05) is 17.5 Å². The van der Waals surface area contributed by atoms with E-state index in [0.29, 0.717) is 59.6 Å². The van der Waals surface area contributed by atoms with Crippen LogP contribution in [-0.4, -0.2) is 82.5 Å². The van der Waals surface area contributed by atoms with E-state index >= 15 is 0 Å². The van der Waals surface area contributed by atoms with Gasteiger partial charge >= 0.3 is 6.09 Å². The number of amides is 4. The number of carbonyl (C=O) groups excluding carboxylic acids is 4. The maximum atomic E-state index is 14.7. The number of aromatic nitrogens is 1. The van der Waals surface area contributed by atoms with Crippen LogP contribution >= 0.6 is 11.3 Å². The Hall–Kier alpha value is -5.34. The van der Waals surface area contributed by atoms with E-state index < -0.39 is 74.5 Å². The van der Waals surface area contributed by atoms with Crippen molar-refractivity contribution in [3.63, 3.8) is 0 Å². The van der Waals surface area contributed by atoms with Gasteiger partial charge in [0.1, 0.15) is 29.5 Å². The maximum Gasteiger partial charge on any atom is 0.410 e. The van der Waals surface area contributed by atoms with E-state index in [4.69, 9.17) is 9.72 Å². The predicted octanol–water partition coefficient (Wildman–Crippen LogP) is 4.73. The molecule has 4 amide bonds. The first-order valence-corrected chi connectivity index (χ1v) is 21.7. The highest BCUT2D eigenvalue weighted by Crippen LogP contribution is 2.46. The Bertz CT molecular complexity index is 2270. The Morgan fingerprint density at radius 1 is 1.07 bits per heavy atom. The third kappa shape index (κ3) is 8.10. The molecule has 2 saturated carbocycles. The minimum absolute atomic E-state index is 0.0146. The largest absolute Gasteiger partial charge is 0.444 e. The average molecular weight is 816 g/mol. The van der Waals surface area contributed by atoms with Crippen molar-refractivity contribution >= 4 is 50.3 Å². The number of hydrogen-bond acceptors (Lipinski definition) is 11. The quantitative estimate of drug-likeness (QED) is 0.281. The second-order valence-electron chi connectivity index (χ2n) is 15.4. The van der Waals surface area contributed by atoms with Gasteiger partial charge in [0.05, 0.1) is 35.7 Å². The first-order valence-electron chi connectivity index (χ1n) is 19.2. The zero-order valence-electron chi connectivity index (χ0n) is 31.0. The summed E-state index contributed by atoms with van der Waals surface area (Å²) >= 11 is 1.31. The lowest BCUT2D eigenvalue weighted by atomic mass is 10.1. The number of fused-ring (bicyclic) bond motifs is 3. The highest BCUT2D eigenvalue weighted by atomic mass is 32.2. The number of nitrogens with one attached hydrogen (secondary N) is 3. The molecular formula is C40H42FN7O7S2. The van der Waals surface area contributed by atoms with Crippen molar-refractivity contribution in [2.45, 2.75) is 99.9 Å². The fourth-order valence-corrected chi connectivity index (χ4v) is 10.0. The van der Waals surface area contributed by atoms with Crippen molar-refractivity contribution in [1.82, 2.24) is 24.8 Å². The molecule has 3 fully saturated rings. The van der Waals surface area contributed by atoms with E-state index in [9.17, 15) is 37.2 Å². The number of rotatable bonds is 7. The highest BCUT2D eigenvalue weighted by Gasteiger charge is 2.62. The first kappa shape index (κ1) is 38.5. The number of thiazole rings is 1. The molecule has 4 heterocycles. The van der Waals surface area contributed by atoms with Crippen LogP contribution < -0.4 is 15.4 Å². The molecule has 0 bridgehead atoms. The van der Waals surface area contributed by atoms with Crippen molar-refractivity contribution in [2.24, 2.45) is 5.92 Å². The first-order chi connectivity index (χ1) is 27.4. The van der Waals surface area contributed by atoms with Gasteiger partial charge in [-0.2, -0.15) is 5.26 Å². The number of sulfonamides is 1. The van der Waals surface area contributed by atoms with Crippen molar-refractivity contribution in [2.75, 3.05) is 11.9 Å². The van der Waals surface area contributed by atoms with E-state index in [-0.39, 0.29) is 32.5 Å². The van der Waals surface area contributed by atoms with Crippen LogP contribution in [0.15, 0.2) is 60.0 Å². The fraction of sp³-hybridized carbons (Fsp3) is 0.450. The number of anilines is 1. The average Bonchev–Trinajstić information content (AvgIpc) is 3.99. The number of halogens is 1. The maximum absolute atomic E-state index is 14.7. The minimum Gasteiger partial charge on any atom is -0.444 e. The molecule has 298 valence electrons. The topological polar surface area (TPSA) is 191 Å². The lowest BCUT2D eigenvalue weighted by Crippen LogP contribution is -2.57. The lowest BCUT2D eigenvalue weighted by Gasteiger charge is -2.29. The van der Waals surface area contributed by atoms with E-state index in [1.165, 1.54) is 27.2 Å². The van der Waals surface area contributed by atoms with Crippen LogP contribution in [0.2, 0.25) is 0 Å². The number of allylic oxidation sites excluding steroid dienone is 1. The molecular weight excluding hydrogens is 774 g/mol. The third-order valence-electron chi connectivity index (χ3n) is 11.4. The molecule has 3 N–H and O–H groups in total. The second-order valence-corrected chi connectivity index (χ2v) is 18.2. The van der Waals surface area contributed by atoms with Crippen molar-refractivity contribution < 1.29 is 36.7 Å². The van der Waals surface area contributed by atoms with Crippen LogP contribution in [0.25, 0.3) is 11.3 Å². The molecule has 57 heavy (non-hydrogen) atoms. The molecule has 3 aliphatic heterocycles. The Kier molecular flexibility index (Phi) is 10.5. The molecule has 14 nitrogen and oxygen atoms in total. The Labute approximate surface area is 333 Å². The fourth-order valence-electron chi connectivity index (χ4n) is 7.91. The Balaban J connectivity index is 1.05. The number of hydrogen-bond donors (Lipinski definition) is 3. The van der Waals surface area contributed by atoms with Gasteiger partial charge in [-0.15, -0.1) is 11.3 Å². The molecule has 2 aromatic carbocycles. The molecule has 17 heteroatoms. The van der Waals surface area contributed by atoms with Crippen LogP contribution in [0, 0.1) is 23.1 Å². The number of ether oxygens (including phenoxy) is 1. The van der Waals surface area contributed by atoms with Gasteiger partial charge in [0.15, 0.2) is 5.13 Å². The van der Waals surface area contributed by atoms with Crippen molar-refractivity contribution in [1.29, 1.82) is 5.26 Å². The zero-order valence-corrected chi connectivity index (χ0v) is 32.6. The van der Waals surface area contributed by atoms with Crippen LogP contribution in [0.3, 0.4) is 0 Å². The number of carbonyl (C=O) groups is 4.